The van der Waals surface area contributed by atoms with Gasteiger partial charge >= 0.3 is 5.97 Å². The Kier molecular flexibility index (Phi) is 7.19. The number of sulfone groups is 1. The smallest absolute Gasteiger partial charge is 0.337 e. The Bertz CT molecular complexity index is 715. The molecule has 1 fully saturated rings. The molecule has 0 radical (unpaired) electrons. The molecule has 0 saturated carbocycles. The van der Waals surface area contributed by atoms with Gasteiger partial charge in [0.25, 0.3) is 0 Å². The molecule has 0 spiro atoms. The van der Waals surface area contributed by atoms with E-state index in [2.05, 4.69) is 15.4 Å². The zero-order valence-electron chi connectivity index (χ0n) is 13.5. The zero-order valence-corrected chi connectivity index (χ0v) is 15.1. The first-order chi connectivity index (χ1) is 10.8. The van der Waals surface area contributed by atoms with Crippen molar-refractivity contribution in [3.63, 3.8) is 0 Å². The Labute approximate surface area is 147 Å². The molecular weight excluding hydrogens is 356 g/mol. The van der Waals surface area contributed by atoms with Gasteiger partial charge in [0.2, 0.25) is 5.91 Å². The maximum atomic E-state index is 12.2. The van der Waals surface area contributed by atoms with Gasteiger partial charge in [0, 0.05) is 11.9 Å². The van der Waals surface area contributed by atoms with Crippen LogP contribution in [0, 0.1) is 0 Å². The summed E-state index contributed by atoms with van der Waals surface area (Å²) in [5.41, 5.74) is 0.327. The van der Waals surface area contributed by atoms with Crippen molar-refractivity contribution in [3.8, 4) is 0 Å². The average Bonchev–Trinajstić information content (AvgIpc) is 2.53. The topological polar surface area (TPSA) is 102 Å². The van der Waals surface area contributed by atoms with E-state index in [1.807, 2.05) is 0 Å². The molecule has 1 heterocycles. The van der Waals surface area contributed by atoms with Crippen molar-refractivity contribution < 1.29 is 22.7 Å². The summed E-state index contributed by atoms with van der Waals surface area (Å²) in [6.45, 7) is 0.773. The fourth-order valence-corrected chi connectivity index (χ4v) is 3.11. The third-order valence-corrected chi connectivity index (χ3v) is 4.74. The third-order valence-electron chi connectivity index (χ3n) is 3.65. The summed E-state index contributed by atoms with van der Waals surface area (Å²) in [6.07, 6.45) is 3.75. The van der Waals surface area contributed by atoms with Crippen molar-refractivity contribution in [2.24, 2.45) is 0 Å². The van der Waals surface area contributed by atoms with E-state index < -0.39 is 15.8 Å². The first-order valence-corrected chi connectivity index (χ1v) is 9.18. The minimum atomic E-state index is -3.52. The van der Waals surface area contributed by atoms with Crippen LogP contribution < -0.4 is 10.6 Å². The molecule has 1 aliphatic rings. The molecule has 1 atom stereocenters. The molecule has 9 heteroatoms. The molecule has 1 aliphatic heterocycles. The normalized spacial score (nSPS) is 17.5. The Morgan fingerprint density at radius 3 is 2.50 bits per heavy atom. The second-order valence-electron chi connectivity index (χ2n) is 5.50. The average molecular weight is 377 g/mol. The van der Waals surface area contributed by atoms with Crippen molar-refractivity contribution >= 4 is 39.8 Å². The molecule has 7 nitrogen and oxygen atoms in total. The molecule has 2 N–H and O–H groups in total. The third kappa shape index (κ3) is 5.19. The number of anilines is 1. The predicted molar refractivity (Wildman–Crippen MR) is 92.4 cm³/mol. The molecule has 1 unspecified atom stereocenters. The van der Waals surface area contributed by atoms with E-state index in [-0.39, 0.29) is 40.5 Å². The largest absolute Gasteiger partial charge is 0.465 e. The lowest BCUT2D eigenvalue weighted by Gasteiger charge is -2.22. The number of piperidine rings is 1. The molecule has 0 aromatic heterocycles. The van der Waals surface area contributed by atoms with Gasteiger partial charge in [0.1, 0.15) is 0 Å². The summed E-state index contributed by atoms with van der Waals surface area (Å²) in [5.74, 6) is -0.909. The predicted octanol–water partition coefficient (Wildman–Crippen LogP) is 1.38. The van der Waals surface area contributed by atoms with E-state index in [9.17, 15) is 18.0 Å². The Morgan fingerprint density at radius 2 is 1.96 bits per heavy atom. The highest BCUT2D eigenvalue weighted by molar-refractivity contribution is 7.90. The quantitative estimate of drug-likeness (QED) is 0.770. The lowest BCUT2D eigenvalue weighted by Crippen LogP contribution is -2.43. The van der Waals surface area contributed by atoms with Gasteiger partial charge < -0.3 is 15.4 Å². The van der Waals surface area contributed by atoms with Crippen molar-refractivity contribution in [2.45, 2.75) is 30.2 Å². The van der Waals surface area contributed by atoms with Crippen molar-refractivity contribution in [1.82, 2.24) is 5.32 Å². The Balaban J connectivity index is 0.00000288. The standard InChI is InChI=1S/C15H20N2O5S.ClH/c1-22-15(19)10-7-11(9-12(8-10)23(2,20)21)17-14(18)13-5-3-4-6-16-13;/h7-9,13,16H,3-6H2,1-2H3,(H,17,18);1H. The van der Waals surface area contributed by atoms with Crippen LogP contribution in [-0.2, 0) is 19.4 Å². The number of carbonyl (C=O) groups excluding carboxylic acids is 2. The SMILES string of the molecule is COC(=O)c1cc(NC(=O)C2CCCCN2)cc(S(C)(=O)=O)c1.Cl. The van der Waals surface area contributed by atoms with Crippen LogP contribution >= 0.6 is 12.4 Å². The molecule has 1 saturated heterocycles. The molecule has 0 bridgehead atoms. The number of nitrogens with one attached hydrogen (secondary N) is 2. The van der Waals surface area contributed by atoms with E-state index in [4.69, 9.17) is 0 Å². The minimum Gasteiger partial charge on any atom is -0.465 e. The number of halogens is 1. The van der Waals surface area contributed by atoms with E-state index in [0.717, 1.165) is 32.1 Å². The van der Waals surface area contributed by atoms with Gasteiger partial charge in [0.15, 0.2) is 9.84 Å². The van der Waals surface area contributed by atoms with Gasteiger partial charge in [-0.2, -0.15) is 0 Å². The fourth-order valence-electron chi connectivity index (χ4n) is 2.43. The number of hydrogen-bond donors (Lipinski definition) is 2. The summed E-state index contributed by atoms with van der Waals surface area (Å²) in [7, 11) is -2.32. The monoisotopic (exact) mass is 376 g/mol. The Morgan fingerprint density at radius 1 is 1.25 bits per heavy atom. The number of methoxy groups -OCH3 is 1. The van der Waals surface area contributed by atoms with Crippen LogP contribution in [0.25, 0.3) is 0 Å². The van der Waals surface area contributed by atoms with E-state index in [1.165, 1.54) is 25.3 Å². The highest BCUT2D eigenvalue weighted by Crippen LogP contribution is 2.20. The molecule has 24 heavy (non-hydrogen) atoms. The van der Waals surface area contributed by atoms with E-state index in [1.54, 1.807) is 0 Å². The first-order valence-electron chi connectivity index (χ1n) is 7.29. The molecular formula is C15H21ClN2O5S. The fraction of sp³-hybridized carbons (Fsp3) is 0.467. The molecule has 134 valence electrons. The maximum absolute atomic E-state index is 12.2. The molecule has 0 aliphatic carbocycles. The summed E-state index contributed by atoms with van der Waals surface area (Å²) >= 11 is 0. The van der Waals surface area contributed by atoms with Gasteiger partial charge in [0.05, 0.1) is 23.6 Å². The number of amides is 1. The number of esters is 1. The van der Waals surface area contributed by atoms with Gasteiger partial charge in [-0.3, -0.25) is 4.79 Å². The summed E-state index contributed by atoms with van der Waals surface area (Å²) < 4.78 is 28.1. The van der Waals surface area contributed by atoms with Crippen LogP contribution in [0.1, 0.15) is 29.6 Å². The minimum absolute atomic E-state index is 0. The molecule has 1 aromatic carbocycles. The first kappa shape index (κ1) is 20.4. The summed E-state index contributed by atoms with van der Waals surface area (Å²) in [5, 5.41) is 5.78. The number of carbonyl (C=O) groups is 2. The van der Waals surface area contributed by atoms with Crippen molar-refractivity contribution in [1.29, 1.82) is 0 Å². The van der Waals surface area contributed by atoms with Gasteiger partial charge in [-0.25, -0.2) is 13.2 Å². The lowest BCUT2D eigenvalue weighted by molar-refractivity contribution is -0.118. The number of hydrogen-bond acceptors (Lipinski definition) is 6. The maximum Gasteiger partial charge on any atom is 0.337 e. The Hall–Kier alpha value is -1.64. The second kappa shape index (κ2) is 8.46. The van der Waals surface area contributed by atoms with Crippen LogP contribution in [0.15, 0.2) is 23.1 Å². The van der Waals surface area contributed by atoms with Crippen LogP contribution in [0.2, 0.25) is 0 Å². The molecule has 2 rings (SSSR count). The second-order valence-corrected chi connectivity index (χ2v) is 7.52. The van der Waals surface area contributed by atoms with Crippen molar-refractivity contribution in [2.75, 3.05) is 25.2 Å². The number of rotatable bonds is 4. The summed E-state index contributed by atoms with van der Waals surface area (Å²) in [6, 6.07) is 3.66. The van der Waals surface area contributed by atoms with Gasteiger partial charge in [-0.05, 0) is 37.6 Å². The lowest BCUT2D eigenvalue weighted by atomic mass is 10.0. The van der Waals surface area contributed by atoms with E-state index in [0.29, 0.717) is 0 Å². The zero-order chi connectivity index (χ0) is 17.0. The summed E-state index contributed by atoms with van der Waals surface area (Å²) in [4.78, 5) is 23.9. The molecule has 1 amide bonds. The van der Waals surface area contributed by atoms with Gasteiger partial charge in [-0.1, -0.05) is 6.42 Å². The number of ether oxygens (including phenoxy) is 1. The van der Waals surface area contributed by atoms with Crippen LogP contribution in [0.4, 0.5) is 5.69 Å². The highest BCUT2D eigenvalue weighted by atomic mass is 35.5. The van der Waals surface area contributed by atoms with Crippen LogP contribution in [0.5, 0.6) is 0 Å². The van der Waals surface area contributed by atoms with E-state index >= 15 is 0 Å². The molecule has 1 aromatic rings. The highest BCUT2D eigenvalue weighted by Gasteiger charge is 2.22. The van der Waals surface area contributed by atoms with Gasteiger partial charge in [-0.15, -0.1) is 12.4 Å². The number of benzene rings is 1. The van der Waals surface area contributed by atoms with Crippen molar-refractivity contribution in [3.05, 3.63) is 23.8 Å². The van der Waals surface area contributed by atoms with Crippen LogP contribution in [-0.4, -0.2) is 46.2 Å². The van der Waals surface area contributed by atoms with Crippen LogP contribution in [0.3, 0.4) is 0 Å².